The second-order valence-electron chi connectivity index (χ2n) is 5.85. The van der Waals surface area contributed by atoms with Gasteiger partial charge in [0.25, 0.3) is 0 Å². The van der Waals surface area contributed by atoms with Crippen LogP contribution in [0.25, 0.3) is 0 Å². The van der Waals surface area contributed by atoms with Gasteiger partial charge in [0.1, 0.15) is 5.92 Å². The Bertz CT molecular complexity index is 285. The van der Waals surface area contributed by atoms with Crippen LogP contribution in [0.4, 0.5) is 0 Å². The predicted molar refractivity (Wildman–Crippen MR) is 77.5 cm³/mol. The first kappa shape index (κ1) is 17.4. The average Bonchev–Trinajstić information content (AvgIpc) is 2.41. The van der Waals surface area contributed by atoms with E-state index in [1.165, 1.54) is 32.1 Å². The summed E-state index contributed by atoms with van der Waals surface area (Å²) in [6.07, 6.45) is 6.91. The fourth-order valence-corrected chi connectivity index (χ4v) is 2.92. The topological polar surface area (TPSA) is 89.8 Å². The Labute approximate surface area is 121 Å². The molecule has 0 spiro atoms. The maximum atomic E-state index is 11.2. The van der Waals surface area contributed by atoms with E-state index in [1.54, 1.807) is 0 Å². The van der Waals surface area contributed by atoms with E-state index in [4.69, 9.17) is 0 Å². The number of carboxylic acid groups (broad SMARTS) is 1. The quantitative estimate of drug-likeness (QED) is 0.483. The fourth-order valence-electron chi connectivity index (χ4n) is 2.92. The number of nitrogens with one attached hydrogen (secondary N) is 1. The minimum absolute atomic E-state index is 0.235. The maximum Gasteiger partial charge on any atom is 0.310 e. The molecule has 4 atom stereocenters. The van der Waals surface area contributed by atoms with Crippen LogP contribution < -0.4 is 5.32 Å². The summed E-state index contributed by atoms with van der Waals surface area (Å²) in [6.45, 7) is 2.46. The van der Waals surface area contributed by atoms with Crippen molar-refractivity contribution in [2.24, 2.45) is 5.92 Å². The van der Waals surface area contributed by atoms with Gasteiger partial charge in [0.05, 0.1) is 12.2 Å². The summed E-state index contributed by atoms with van der Waals surface area (Å²) in [5.74, 6) is -1.93. The number of hydrogen-bond donors (Lipinski definition) is 4. The molecule has 5 heteroatoms. The summed E-state index contributed by atoms with van der Waals surface area (Å²) >= 11 is 0. The summed E-state index contributed by atoms with van der Waals surface area (Å²) in [5, 5.41) is 31.6. The van der Waals surface area contributed by atoms with Gasteiger partial charge in [-0.05, 0) is 6.42 Å². The Morgan fingerprint density at radius 3 is 2.30 bits per heavy atom. The molecule has 1 rings (SSSR count). The molecule has 1 saturated heterocycles. The zero-order chi connectivity index (χ0) is 15.0. The SMILES string of the molecule is CCCCCCCCC[C@@H]1NC[C@@H](O)[C@H](O)[C@H]1C(=O)O. The van der Waals surface area contributed by atoms with Gasteiger partial charge in [-0.25, -0.2) is 0 Å². The molecule has 1 aliphatic heterocycles. The Hall–Kier alpha value is -0.650. The van der Waals surface area contributed by atoms with Gasteiger partial charge < -0.3 is 20.6 Å². The molecule has 4 N–H and O–H groups in total. The molecule has 0 radical (unpaired) electrons. The molecule has 0 unspecified atom stereocenters. The zero-order valence-electron chi connectivity index (χ0n) is 12.4. The van der Waals surface area contributed by atoms with Crippen LogP contribution in [0, 0.1) is 5.92 Å². The van der Waals surface area contributed by atoms with Crippen LogP contribution in [0.1, 0.15) is 58.3 Å². The smallest absolute Gasteiger partial charge is 0.310 e. The molecule has 0 aromatic rings. The summed E-state index contributed by atoms with van der Waals surface area (Å²) in [5.41, 5.74) is 0. The average molecular weight is 287 g/mol. The third-order valence-corrected chi connectivity index (χ3v) is 4.19. The van der Waals surface area contributed by atoms with Gasteiger partial charge in [-0.1, -0.05) is 51.9 Å². The van der Waals surface area contributed by atoms with E-state index >= 15 is 0 Å². The number of aliphatic carboxylic acids is 1. The zero-order valence-corrected chi connectivity index (χ0v) is 12.4. The molecule has 0 aliphatic carbocycles. The van der Waals surface area contributed by atoms with Gasteiger partial charge in [-0.15, -0.1) is 0 Å². The van der Waals surface area contributed by atoms with E-state index in [0.29, 0.717) is 0 Å². The van der Waals surface area contributed by atoms with Crippen molar-refractivity contribution in [2.75, 3.05) is 6.54 Å². The van der Waals surface area contributed by atoms with Crippen molar-refractivity contribution in [1.29, 1.82) is 0 Å². The van der Waals surface area contributed by atoms with Crippen molar-refractivity contribution >= 4 is 5.97 Å². The lowest BCUT2D eigenvalue weighted by Crippen LogP contribution is -2.58. The lowest BCUT2D eigenvalue weighted by Gasteiger charge is -2.36. The van der Waals surface area contributed by atoms with Crippen molar-refractivity contribution in [3.63, 3.8) is 0 Å². The van der Waals surface area contributed by atoms with Crippen LogP contribution in [-0.2, 0) is 4.79 Å². The molecular formula is C15H29NO4. The lowest BCUT2D eigenvalue weighted by molar-refractivity contribution is -0.154. The molecule has 5 nitrogen and oxygen atoms in total. The maximum absolute atomic E-state index is 11.2. The van der Waals surface area contributed by atoms with Crippen LogP contribution >= 0.6 is 0 Å². The standard InChI is InChI=1S/C15H29NO4/c1-2-3-4-5-6-7-8-9-11-13(15(19)20)14(18)12(17)10-16-11/h11-14,16-18H,2-10H2,1H3,(H,19,20)/t11-,12+,13-,14-/m0/s1. The minimum atomic E-state index is -1.16. The Morgan fingerprint density at radius 2 is 1.70 bits per heavy atom. The van der Waals surface area contributed by atoms with Crippen LogP contribution in [0.15, 0.2) is 0 Å². The summed E-state index contributed by atoms with van der Waals surface area (Å²) < 4.78 is 0. The molecule has 1 fully saturated rings. The van der Waals surface area contributed by atoms with Crippen molar-refractivity contribution in [3.8, 4) is 0 Å². The summed E-state index contributed by atoms with van der Waals surface area (Å²) in [6, 6.07) is -0.235. The molecule has 1 heterocycles. The molecular weight excluding hydrogens is 258 g/mol. The Balaban J connectivity index is 2.25. The van der Waals surface area contributed by atoms with Gasteiger partial charge in [-0.2, -0.15) is 0 Å². The lowest BCUT2D eigenvalue weighted by atomic mass is 9.84. The Kier molecular flexibility index (Phi) is 8.11. The molecule has 0 saturated carbocycles. The molecule has 0 aromatic carbocycles. The van der Waals surface area contributed by atoms with Crippen molar-refractivity contribution in [2.45, 2.75) is 76.5 Å². The molecule has 1 aliphatic rings. The number of aliphatic hydroxyl groups is 2. The fraction of sp³-hybridized carbons (Fsp3) is 0.933. The largest absolute Gasteiger partial charge is 0.481 e. The van der Waals surface area contributed by atoms with Crippen LogP contribution in [0.3, 0.4) is 0 Å². The normalized spacial score (nSPS) is 30.4. The van der Waals surface area contributed by atoms with Crippen LogP contribution in [-0.4, -0.2) is 46.1 Å². The number of aliphatic hydroxyl groups excluding tert-OH is 2. The highest BCUT2D eigenvalue weighted by atomic mass is 16.4. The highest BCUT2D eigenvalue weighted by Gasteiger charge is 2.41. The first-order chi connectivity index (χ1) is 9.57. The predicted octanol–water partition coefficient (Wildman–Crippen LogP) is 1.52. The molecule has 0 aromatic heterocycles. The molecule has 20 heavy (non-hydrogen) atoms. The Morgan fingerprint density at radius 1 is 1.10 bits per heavy atom. The van der Waals surface area contributed by atoms with Crippen LogP contribution in [0.2, 0.25) is 0 Å². The van der Waals surface area contributed by atoms with Crippen molar-refractivity contribution < 1.29 is 20.1 Å². The molecule has 118 valence electrons. The van der Waals surface area contributed by atoms with Gasteiger partial charge in [0, 0.05) is 12.6 Å². The molecule has 0 bridgehead atoms. The van der Waals surface area contributed by atoms with E-state index in [9.17, 15) is 20.1 Å². The number of rotatable bonds is 9. The highest BCUT2D eigenvalue weighted by Crippen LogP contribution is 2.22. The van der Waals surface area contributed by atoms with Crippen molar-refractivity contribution in [1.82, 2.24) is 5.32 Å². The second kappa shape index (κ2) is 9.32. The number of unbranched alkanes of at least 4 members (excludes halogenated alkanes) is 6. The van der Waals surface area contributed by atoms with E-state index in [2.05, 4.69) is 12.2 Å². The third kappa shape index (κ3) is 5.38. The highest BCUT2D eigenvalue weighted by molar-refractivity contribution is 5.72. The van der Waals surface area contributed by atoms with E-state index in [0.717, 1.165) is 19.3 Å². The number of hydrogen-bond acceptors (Lipinski definition) is 4. The van der Waals surface area contributed by atoms with E-state index in [1.807, 2.05) is 0 Å². The third-order valence-electron chi connectivity index (χ3n) is 4.19. The number of β-amino-alcohol motifs (C(OH)–C–C–N with tert-alkyl or cyclic N) is 1. The summed E-state index contributed by atoms with van der Waals surface area (Å²) in [4.78, 5) is 11.2. The first-order valence-corrected chi connectivity index (χ1v) is 7.90. The molecule has 0 amide bonds. The summed E-state index contributed by atoms with van der Waals surface area (Å²) in [7, 11) is 0. The number of carbonyl (C=O) groups is 1. The minimum Gasteiger partial charge on any atom is -0.481 e. The number of carboxylic acids is 1. The monoisotopic (exact) mass is 287 g/mol. The van der Waals surface area contributed by atoms with Crippen molar-refractivity contribution in [3.05, 3.63) is 0 Å². The van der Waals surface area contributed by atoms with Gasteiger partial charge in [-0.3, -0.25) is 4.79 Å². The van der Waals surface area contributed by atoms with Gasteiger partial charge in [0.2, 0.25) is 0 Å². The van der Waals surface area contributed by atoms with E-state index < -0.39 is 24.1 Å². The van der Waals surface area contributed by atoms with E-state index in [-0.39, 0.29) is 12.6 Å². The van der Waals surface area contributed by atoms with Crippen LogP contribution in [0.5, 0.6) is 0 Å². The second-order valence-corrected chi connectivity index (χ2v) is 5.85. The first-order valence-electron chi connectivity index (χ1n) is 7.90. The van der Waals surface area contributed by atoms with Gasteiger partial charge in [0.15, 0.2) is 0 Å². The van der Waals surface area contributed by atoms with Gasteiger partial charge >= 0.3 is 5.97 Å². The number of piperidine rings is 1.